The van der Waals surface area contributed by atoms with Crippen LogP contribution >= 0.6 is 0 Å². The van der Waals surface area contributed by atoms with Gasteiger partial charge in [0.1, 0.15) is 5.69 Å². The van der Waals surface area contributed by atoms with Crippen LogP contribution in [0.1, 0.15) is 46.4 Å². The van der Waals surface area contributed by atoms with E-state index in [0.29, 0.717) is 11.3 Å². The third-order valence-corrected chi connectivity index (χ3v) is 5.78. The maximum absolute atomic E-state index is 12.7. The van der Waals surface area contributed by atoms with Gasteiger partial charge in [-0.3, -0.25) is 14.9 Å². The number of anilines is 1. The van der Waals surface area contributed by atoms with Gasteiger partial charge in [0.25, 0.3) is 5.69 Å². The Morgan fingerprint density at radius 3 is 2.41 bits per heavy atom. The Bertz CT molecular complexity index is 1160. The minimum Gasteiger partial charge on any atom is -0.454 e. The number of rotatable bonds is 6. The summed E-state index contributed by atoms with van der Waals surface area (Å²) in [4.78, 5) is 38.4. The van der Waals surface area contributed by atoms with Gasteiger partial charge in [0.2, 0.25) is 5.78 Å². The van der Waals surface area contributed by atoms with Crippen molar-refractivity contribution in [2.75, 3.05) is 24.6 Å². The summed E-state index contributed by atoms with van der Waals surface area (Å²) in [6.45, 7) is 1.07. The van der Waals surface area contributed by atoms with Crippen molar-refractivity contribution in [3.05, 3.63) is 81.9 Å². The van der Waals surface area contributed by atoms with E-state index in [-0.39, 0.29) is 17.0 Å². The summed E-state index contributed by atoms with van der Waals surface area (Å²) in [5, 5.41) is 13.4. The molecule has 0 aromatic heterocycles. The molecule has 3 aromatic rings. The van der Waals surface area contributed by atoms with Crippen LogP contribution in [0.25, 0.3) is 10.8 Å². The second-order valence-corrected chi connectivity index (χ2v) is 7.89. The lowest BCUT2D eigenvalue weighted by molar-refractivity contribution is -0.384. The molecule has 0 amide bonds. The quantitative estimate of drug-likeness (QED) is 0.231. The Kier molecular flexibility index (Phi) is 6.44. The molecule has 0 bridgehead atoms. The lowest BCUT2D eigenvalue weighted by atomic mass is 10.0. The average Bonchev–Trinajstić information content (AvgIpc) is 3.11. The predicted molar refractivity (Wildman–Crippen MR) is 122 cm³/mol. The molecular formula is C25H24N2O5. The molecule has 4 rings (SSSR count). The third-order valence-electron chi connectivity index (χ3n) is 5.78. The number of carbonyl (C=O) groups is 2. The number of hydrogen-bond acceptors (Lipinski definition) is 6. The largest absolute Gasteiger partial charge is 0.454 e. The second-order valence-electron chi connectivity index (χ2n) is 7.89. The van der Waals surface area contributed by atoms with Crippen LogP contribution in [0.3, 0.4) is 0 Å². The molecule has 164 valence electrons. The molecular weight excluding hydrogens is 408 g/mol. The number of esters is 1. The monoisotopic (exact) mass is 432 g/mol. The summed E-state index contributed by atoms with van der Waals surface area (Å²) < 4.78 is 5.21. The van der Waals surface area contributed by atoms with Gasteiger partial charge < -0.3 is 9.64 Å². The van der Waals surface area contributed by atoms with E-state index < -0.39 is 17.5 Å². The van der Waals surface area contributed by atoms with Crippen molar-refractivity contribution in [1.29, 1.82) is 0 Å². The first-order valence-corrected chi connectivity index (χ1v) is 10.8. The molecule has 0 aliphatic carbocycles. The number of fused-ring (bicyclic) bond motifs is 1. The molecule has 0 radical (unpaired) electrons. The van der Waals surface area contributed by atoms with Gasteiger partial charge in [-0.1, -0.05) is 55.3 Å². The van der Waals surface area contributed by atoms with Crippen molar-refractivity contribution >= 4 is 33.9 Å². The fourth-order valence-corrected chi connectivity index (χ4v) is 4.14. The molecule has 7 heteroatoms. The third kappa shape index (κ3) is 4.61. The van der Waals surface area contributed by atoms with E-state index in [4.69, 9.17) is 4.74 Å². The van der Waals surface area contributed by atoms with Crippen LogP contribution < -0.4 is 4.90 Å². The van der Waals surface area contributed by atoms with Gasteiger partial charge in [-0.2, -0.15) is 0 Å². The lowest BCUT2D eigenvalue weighted by Crippen LogP contribution is -2.25. The zero-order valence-corrected chi connectivity index (χ0v) is 17.7. The van der Waals surface area contributed by atoms with Crippen molar-refractivity contribution < 1.29 is 19.2 Å². The molecule has 0 atom stereocenters. The van der Waals surface area contributed by atoms with Gasteiger partial charge in [-0.25, -0.2) is 4.79 Å². The zero-order chi connectivity index (χ0) is 22.5. The number of ketones is 1. The minimum atomic E-state index is -0.760. The van der Waals surface area contributed by atoms with E-state index in [1.54, 1.807) is 18.2 Å². The topological polar surface area (TPSA) is 89.8 Å². The summed E-state index contributed by atoms with van der Waals surface area (Å²) in [6, 6.07) is 17.2. The number of nitro groups is 1. The maximum Gasteiger partial charge on any atom is 0.338 e. The lowest BCUT2D eigenvalue weighted by Gasteiger charge is -2.22. The second kappa shape index (κ2) is 9.60. The van der Waals surface area contributed by atoms with Crippen molar-refractivity contribution in [3.63, 3.8) is 0 Å². The normalized spacial score (nSPS) is 14.1. The SMILES string of the molecule is O=C(OCC(=O)c1cccc2ccccc12)c1ccc(N2CCCCCC2)c([N+](=O)[O-])c1. The summed E-state index contributed by atoms with van der Waals surface area (Å²) in [5.41, 5.74) is 0.918. The smallest absolute Gasteiger partial charge is 0.338 e. The first-order valence-electron chi connectivity index (χ1n) is 10.8. The summed E-state index contributed by atoms with van der Waals surface area (Å²) in [7, 11) is 0. The molecule has 0 unspecified atom stereocenters. The molecule has 1 saturated heterocycles. The summed E-state index contributed by atoms with van der Waals surface area (Å²) in [6.07, 6.45) is 4.19. The number of benzene rings is 3. The zero-order valence-electron chi connectivity index (χ0n) is 17.7. The molecule has 0 saturated carbocycles. The van der Waals surface area contributed by atoms with Gasteiger partial charge in [0.05, 0.1) is 10.5 Å². The highest BCUT2D eigenvalue weighted by molar-refractivity contribution is 6.09. The summed E-state index contributed by atoms with van der Waals surface area (Å²) in [5.74, 6) is -1.09. The van der Waals surface area contributed by atoms with Gasteiger partial charge in [0, 0.05) is 24.7 Å². The number of nitro benzene ring substituents is 1. The number of ether oxygens (including phenoxy) is 1. The Balaban J connectivity index is 1.50. The fraction of sp³-hybridized carbons (Fsp3) is 0.280. The fourth-order valence-electron chi connectivity index (χ4n) is 4.14. The molecule has 1 heterocycles. The number of carbonyl (C=O) groups excluding carboxylic acids is 2. The predicted octanol–water partition coefficient (Wildman–Crippen LogP) is 5.17. The highest BCUT2D eigenvalue weighted by Crippen LogP contribution is 2.31. The highest BCUT2D eigenvalue weighted by atomic mass is 16.6. The number of hydrogen-bond donors (Lipinski definition) is 0. The van der Waals surface area contributed by atoms with Crippen LogP contribution in [0.4, 0.5) is 11.4 Å². The van der Waals surface area contributed by atoms with Crippen LogP contribution in [-0.4, -0.2) is 36.4 Å². The van der Waals surface area contributed by atoms with Crippen LogP contribution in [0.15, 0.2) is 60.7 Å². The van der Waals surface area contributed by atoms with E-state index in [1.165, 1.54) is 12.1 Å². The van der Waals surface area contributed by atoms with E-state index in [9.17, 15) is 19.7 Å². The molecule has 3 aromatic carbocycles. The molecule has 0 spiro atoms. The average molecular weight is 432 g/mol. The Morgan fingerprint density at radius 2 is 1.66 bits per heavy atom. The van der Waals surface area contributed by atoms with Crippen LogP contribution in [0, 0.1) is 10.1 Å². The van der Waals surface area contributed by atoms with Gasteiger partial charge in [0.15, 0.2) is 6.61 Å². The Labute approximate surface area is 185 Å². The van der Waals surface area contributed by atoms with Gasteiger partial charge >= 0.3 is 5.97 Å². The first kappa shape index (κ1) is 21.5. The minimum absolute atomic E-state index is 0.0565. The molecule has 7 nitrogen and oxygen atoms in total. The van der Waals surface area contributed by atoms with E-state index in [0.717, 1.165) is 49.5 Å². The van der Waals surface area contributed by atoms with Gasteiger partial charge in [-0.15, -0.1) is 0 Å². The molecule has 1 aliphatic rings. The van der Waals surface area contributed by atoms with Crippen molar-refractivity contribution in [2.24, 2.45) is 0 Å². The molecule has 1 fully saturated rings. The first-order chi connectivity index (χ1) is 15.5. The number of Topliss-reactive ketones (excluding diaryl/α,β-unsaturated/α-hetero) is 1. The summed E-state index contributed by atoms with van der Waals surface area (Å²) >= 11 is 0. The Morgan fingerprint density at radius 1 is 0.938 bits per heavy atom. The standard InChI is InChI=1S/C25H24N2O5/c28-24(21-11-7-9-18-8-3-4-10-20(18)21)17-32-25(29)19-12-13-22(23(16-19)27(30)31)26-14-5-1-2-6-15-26/h3-4,7-13,16H,1-2,5-6,14-15,17H2. The number of nitrogens with zero attached hydrogens (tertiary/aromatic N) is 2. The van der Waals surface area contributed by atoms with Gasteiger partial charge in [-0.05, 0) is 35.7 Å². The van der Waals surface area contributed by atoms with Crippen LogP contribution in [0.2, 0.25) is 0 Å². The Hall–Kier alpha value is -3.74. The molecule has 1 aliphatic heterocycles. The van der Waals surface area contributed by atoms with Crippen molar-refractivity contribution in [3.8, 4) is 0 Å². The highest BCUT2D eigenvalue weighted by Gasteiger charge is 2.23. The van der Waals surface area contributed by atoms with Crippen LogP contribution in [-0.2, 0) is 4.74 Å². The van der Waals surface area contributed by atoms with Crippen molar-refractivity contribution in [1.82, 2.24) is 0 Å². The molecule has 0 N–H and O–H groups in total. The van der Waals surface area contributed by atoms with E-state index in [1.807, 2.05) is 35.2 Å². The molecule has 32 heavy (non-hydrogen) atoms. The van der Waals surface area contributed by atoms with E-state index >= 15 is 0 Å². The van der Waals surface area contributed by atoms with Crippen molar-refractivity contribution in [2.45, 2.75) is 25.7 Å². The van der Waals surface area contributed by atoms with E-state index in [2.05, 4.69) is 0 Å². The van der Waals surface area contributed by atoms with Crippen LogP contribution in [0.5, 0.6) is 0 Å². The maximum atomic E-state index is 12.7.